The van der Waals surface area contributed by atoms with E-state index in [9.17, 15) is 19.3 Å². The molecule has 0 heterocycles. The number of rotatable bonds is 20. The van der Waals surface area contributed by atoms with Crippen LogP contribution in [-0.2, 0) is 18.2 Å². The zero-order valence-electron chi connectivity index (χ0n) is 18.5. The van der Waals surface area contributed by atoms with E-state index in [2.05, 4.69) is 6.92 Å². The predicted octanol–water partition coefficient (Wildman–Crippen LogP) is 3.15. The van der Waals surface area contributed by atoms with Crippen LogP contribution in [0.2, 0.25) is 0 Å². The molecule has 0 radical (unpaired) electrons. The molecule has 0 aromatic carbocycles. The van der Waals surface area contributed by atoms with Gasteiger partial charge in [-0.05, 0) is 32.1 Å². The summed E-state index contributed by atoms with van der Waals surface area (Å²) in [6, 6.07) is 0. The van der Waals surface area contributed by atoms with Crippen molar-refractivity contribution in [3.63, 3.8) is 0 Å². The van der Waals surface area contributed by atoms with Gasteiger partial charge in [0.1, 0.15) is 5.72 Å². The maximum absolute atomic E-state index is 13.0. The van der Waals surface area contributed by atoms with E-state index in [4.69, 9.17) is 14.2 Å². The lowest BCUT2D eigenvalue weighted by molar-refractivity contribution is -0.104. The fraction of sp³-hybridized carbons (Fsp3) is 1.00. The first-order valence-electron chi connectivity index (χ1n) is 10.9. The van der Waals surface area contributed by atoms with Crippen LogP contribution in [-0.4, -0.2) is 83.9 Å². The van der Waals surface area contributed by atoms with Crippen LogP contribution in [0, 0.1) is 0 Å². The summed E-state index contributed by atoms with van der Waals surface area (Å²) >= 11 is 0. The van der Waals surface area contributed by atoms with Crippen molar-refractivity contribution < 1.29 is 33.5 Å². The molecule has 0 rings (SSSR count). The molecule has 0 fully saturated rings. The molecule has 2 atom stereocenters. The van der Waals surface area contributed by atoms with Gasteiger partial charge in [-0.2, -0.15) is 0 Å². The number of hydrogen-bond donors (Lipinski definition) is 3. The van der Waals surface area contributed by atoms with Gasteiger partial charge < -0.3 is 24.4 Å². The molecule has 0 spiro atoms. The molecule has 0 aromatic heterocycles. The maximum Gasteiger partial charge on any atom is 0.320 e. The molecule has 10 heteroatoms. The lowest BCUT2D eigenvalue weighted by Gasteiger charge is -2.41. The number of unbranched alkanes of at least 4 members (excludes halogenated alkanes) is 1. The van der Waals surface area contributed by atoms with Gasteiger partial charge in [0.25, 0.3) is 0 Å². The minimum atomic E-state index is -2.79. The van der Waals surface area contributed by atoms with E-state index in [0.29, 0.717) is 57.3 Å². The zero-order valence-corrected chi connectivity index (χ0v) is 20.4. The fourth-order valence-corrected chi connectivity index (χ4v) is 7.58. The molecule has 0 aliphatic heterocycles. The molecule has 176 valence electrons. The standard InChI is InChI=1S/C19H43NO7P2/c1-4-7-16-29(25,17-8-12-21)18-9-15-26-28(24)27-19(5-2,6-3)20(10-13-22)11-14-23/h21-23,28H,4-18H2,1-3H3. The van der Waals surface area contributed by atoms with Crippen molar-refractivity contribution in [2.75, 3.05) is 58.0 Å². The quantitative estimate of drug-likeness (QED) is 0.144. The largest absolute Gasteiger partial charge is 0.396 e. The van der Waals surface area contributed by atoms with Gasteiger partial charge in [0, 0.05) is 38.2 Å². The Morgan fingerprint density at radius 2 is 1.45 bits per heavy atom. The van der Waals surface area contributed by atoms with Crippen LogP contribution in [0.1, 0.15) is 59.3 Å². The zero-order chi connectivity index (χ0) is 22.2. The van der Waals surface area contributed by atoms with E-state index < -0.39 is 21.1 Å². The average Bonchev–Trinajstić information content (AvgIpc) is 2.72. The Morgan fingerprint density at radius 3 is 1.93 bits per heavy atom. The Balaban J connectivity index is 4.71. The topological polar surface area (TPSA) is 117 Å². The van der Waals surface area contributed by atoms with Crippen LogP contribution in [0.15, 0.2) is 0 Å². The van der Waals surface area contributed by atoms with E-state index >= 15 is 0 Å². The molecular formula is C19H43NO7P2. The molecule has 0 amide bonds. The SMILES string of the molecule is CCCCP(=O)(CCCO)CCCO[PH](=O)OC(CC)(CC)N(CCO)CCO. The van der Waals surface area contributed by atoms with Crippen molar-refractivity contribution in [3.05, 3.63) is 0 Å². The highest BCUT2D eigenvalue weighted by Crippen LogP contribution is 2.48. The van der Waals surface area contributed by atoms with Crippen LogP contribution in [0.3, 0.4) is 0 Å². The van der Waals surface area contributed by atoms with Crippen LogP contribution in [0.5, 0.6) is 0 Å². The number of aliphatic hydroxyl groups is 3. The summed E-state index contributed by atoms with van der Waals surface area (Å²) < 4.78 is 36.7. The Kier molecular flexibility index (Phi) is 17.0. The van der Waals surface area contributed by atoms with Crippen LogP contribution in [0.25, 0.3) is 0 Å². The summed E-state index contributed by atoms with van der Waals surface area (Å²) in [6.45, 7) is 6.57. The van der Waals surface area contributed by atoms with Crippen molar-refractivity contribution >= 4 is 15.4 Å². The first-order valence-corrected chi connectivity index (χ1v) is 14.4. The van der Waals surface area contributed by atoms with Crippen LogP contribution < -0.4 is 0 Å². The lowest BCUT2D eigenvalue weighted by Crippen LogP contribution is -2.51. The fourth-order valence-electron chi connectivity index (χ4n) is 3.50. The van der Waals surface area contributed by atoms with Gasteiger partial charge in [0.15, 0.2) is 0 Å². The van der Waals surface area contributed by atoms with E-state index in [1.807, 2.05) is 13.8 Å². The molecule has 8 nitrogen and oxygen atoms in total. The molecule has 2 unspecified atom stereocenters. The smallest absolute Gasteiger partial charge is 0.320 e. The second-order valence-corrected chi connectivity index (χ2v) is 11.8. The highest BCUT2D eigenvalue weighted by Gasteiger charge is 2.36. The Hall–Kier alpha value is 0.220. The molecule has 0 saturated heterocycles. The number of aliphatic hydroxyl groups excluding tert-OH is 3. The highest BCUT2D eigenvalue weighted by molar-refractivity contribution is 7.63. The summed E-state index contributed by atoms with van der Waals surface area (Å²) in [5.74, 6) is 0. The van der Waals surface area contributed by atoms with Crippen molar-refractivity contribution in [1.29, 1.82) is 0 Å². The Labute approximate surface area is 177 Å². The second-order valence-electron chi connectivity index (χ2n) is 7.30. The first-order chi connectivity index (χ1) is 13.9. The van der Waals surface area contributed by atoms with Crippen molar-refractivity contribution in [2.45, 2.75) is 65.0 Å². The van der Waals surface area contributed by atoms with Gasteiger partial charge in [0.2, 0.25) is 0 Å². The van der Waals surface area contributed by atoms with Crippen LogP contribution >= 0.6 is 15.4 Å². The summed E-state index contributed by atoms with van der Waals surface area (Å²) in [7, 11) is -5.12. The van der Waals surface area contributed by atoms with Gasteiger partial charge in [0.05, 0.1) is 27.0 Å². The van der Waals surface area contributed by atoms with Crippen LogP contribution in [0.4, 0.5) is 0 Å². The average molecular weight is 460 g/mol. The normalized spacial score (nSPS) is 15.6. The van der Waals surface area contributed by atoms with Gasteiger partial charge in [-0.3, -0.25) is 14.0 Å². The second kappa shape index (κ2) is 16.9. The lowest BCUT2D eigenvalue weighted by atomic mass is 10.1. The molecule has 0 bridgehead atoms. The minimum Gasteiger partial charge on any atom is -0.396 e. The van der Waals surface area contributed by atoms with Gasteiger partial charge in [-0.1, -0.05) is 27.2 Å². The Bertz CT molecular complexity index is 457. The van der Waals surface area contributed by atoms with Gasteiger partial charge in [-0.25, -0.2) is 0 Å². The monoisotopic (exact) mass is 459 g/mol. The van der Waals surface area contributed by atoms with Gasteiger partial charge >= 0.3 is 8.25 Å². The maximum atomic E-state index is 13.0. The number of nitrogens with zero attached hydrogens (tertiary/aromatic N) is 1. The molecule has 29 heavy (non-hydrogen) atoms. The molecule has 0 aliphatic rings. The van der Waals surface area contributed by atoms with Crippen molar-refractivity contribution in [3.8, 4) is 0 Å². The molecule has 0 aromatic rings. The minimum absolute atomic E-state index is 0.0441. The third-order valence-corrected chi connectivity index (χ3v) is 9.65. The van der Waals surface area contributed by atoms with E-state index in [-0.39, 0.29) is 26.4 Å². The summed E-state index contributed by atoms with van der Waals surface area (Å²) in [4.78, 5) is 1.80. The number of hydrogen-bond acceptors (Lipinski definition) is 8. The van der Waals surface area contributed by atoms with E-state index in [1.54, 1.807) is 4.90 Å². The molecule has 3 N–H and O–H groups in total. The van der Waals surface area contributed by atoms with Gasteiger partial charge in [-0.15, -0.1) is 0 Å². The molecule has 0 aliphatic carbocycles. The summed E-state index contributed by atoms with van der Waals surface area (Å²) in [5, 5.41) is 27.6. The highest BCUT2D eigenvalue weighted by atomic mass is 31.2. The molecule has 0 saturated carbocycles. The molecular weight excluding hydrogens is 416 g/mol. The Morgan fingerprint density at radius 1 is 0.897 bits per heavy atom. The van der Waals surface area contributed by atoms with Crippen molar-refractivity contribution in [1.82, 2.24) is 4.90 Å². The van der Waals surface area contributed by atoms with Crippen molar-refractivity contribution in [2.24, 2.45) is 0 Å². The summed E-state index contributed by atoms with van der Waals surface area (Å²) in [5.41, 5.74) is -0.862. The summed E-state index contributed by atoms with van der Waals surface area (Å²) in [6.07, 6.45) is 5.79. The van der Waals surface area contributed by atoms with E-state index in [0.717, 1.165) is 12.8 Å². The van der Waals surface area contributed by atoms with E-state index in [1.165, 1.54) is 0 Å². The first kappa shape index (κ1) is 29.2. The third kappa shape index (κ3) is 11.4. The third-order valence-electron chi connectivity index (χ3n) is 5.27. The predicted molar refractivity (Wildman–Crippen MR) is 119 cm³/mol.